The molecular formula is C40H34N2O3. The highest BCUT2D eigenvalue weighted by molar-refractivity contribution is 6.20. The third-order valence-corrected chi connectivity index (χ3v) is 11.6. The molecule has 9 rings (SSSR count). The quantitative estimate of drug-likeness (QED) is 0.201. The lowest BCUT2D eigenvalue weighted by atomic mass is 9.58. The van der Waals surface area contributed by atoms with Gasteiger partial charge in [0.05, 0.1) is 17.5 Å². The van der Waals surface area contributed by atoms with Crippen LogP contribution in [-0.2, 0) is 15.6 Å². The third-order valence-electron chi connectivity index (χ3n) is 11.6. The topological polar surface area (TPSA) is 71.7 Å². The molecule has 5 aromatic carbocycles. The standard InChI is InChI=1S/C40H34N2O3/c1-4-10-22(21-33(43)44)23-15-18-28-35-24(23)11-9-12-27(35)39(5-2)30-20-17-26-34-25(16-19-29(36(30)34)40(28,39)6-3)37-41-31-13-7-8-14-32(31)42(37)38(26)45/h7-9,11-20,22H,4-6,10,21H2,1-3H3,(H,43,44). The molecule has 5 nitrogen and oxygen atoms in total. The van der Waals surface area contributed by atoms with E-state index in [1.807, 2.05) is 24.3 Å². The smallest absolute Gasteiger partial charge is 0.303 e. The summed E-state index contributed by atoms with van der Waals surface area (Å²) >= 11 is 0. The predicted molar refractivity (Wildman–Crippen MR) is 181 cm³/mol. The molecule has 0 saturated heterocycles. The number of fused-ring (bicyclic) bond motifs is 9. The lowest BCUT2D eigenvalue weighted by Gasteiger charge is -2.43. The zero-order valence-corrected chi connectivity index (χ0v) is 25.8. The van der Waals surface area contributed by atoms with E-state index in [-0.39, 0.29) is 28.7 Å². The molecule has 0 fully saturated rings. The Balaban J connectivity index is 1.41. The van der Waals surface area contributed by atoms with Crippen LogP contribution in [0, 0.1) is 0 Å². The zero-order chi connectivity index (χ0) is 30.8. The van der Waals surface area contributed by atoms with Crippen LogP contribution in [0.1, 0.15) is 86.6 Å². The molecule has 45 heavy (non-hydrogen) atoms. The van der Waals surface area contributed by atoms with Gasteiger partial charge in [0.15, 0.2) is 0 Å². The summed E-state index contributed by atoms with van der Waals surface area (Å²) in [4.78, 5) is 31.1. The zero-order valence-electron chi connectivity index (χ0n) is 25.8. The van der Waals surface area contributed by atoms with Crippen molar-refractivity contribution in [2.75, 3.05) is 0 Å². The fourth-order valence-corrected chi connectivity index (χ4v) is 10.1. The molecule has 2 aliphatic rings. The lowest BCUT2D eigenvalue weighted by Crippen LogP contribution is -2.43. The maximum atomic E-state index is 14.2. The number of nitrogens with zero attached hydrogens (tertiary/aromatic N) is 2. The number of benzene rings is 5. The van der Waals surface area contributed by atoms with Gasteiger partial charge in [-0.1, -0.05) is 87.9 Å². The van der Waals surface area contributed by atoms with Crippen LogP contribution in [0.15, 0.2) is 83.7 Å². The summed E-state index contributed by atoms with van der Waals surface area (Å²) < 4.78 is 1.79. The van der Waals surface area contributed by atoms with Crippen molar-refractivity contribution in [1.82, 2.24) is 9.38 Å². The van der Waals surface area contributed by atoms with Crippen molar-refractivity contribution >= 4 is 55.0 Å². The Kier molecular flexibility index (Phi) is 5.27. The number of carboxylic acids is 1. The fraction of sp³-hybridized carbons (Fsp3) is 0.275. The summed E-state index contributed by atoms with van der Waals surface area (Å²) in [6, 6.07) is 27.9. The minimum Gasteiger partial charge on any atom is -0.481 e. The number of hydrogen-bond acceptors (Lipinski definition) is 3. The average molecular weight is 591 g/mol. The Hall–Kier alpha value is -4.77. The number of aliphatic carboxylic acids is 1. The summed E-state index contributed by atoms with van der Waals surface area (Å²) in [5.41, 5.74) is 8.14. The lowest BCUT2D eigenvalue weighted by molar-refractivity contribution is -0.137. The highest BCUT2D eigenvalue weighted by Gasteiger charge is 2.63. The average Bonchev–Trinajstić information content (AvgIpc) is 3.65. The molecular weight excluding hydrogens is 556 g/mol. The maximum absolute atomic E-state index is 14.2. The monoisotopic (exact) mass is 590 g/mol. The maximum Gasteiger partial charge on any atom is 0.303 e. The molecule has 3 unspecified atom stereocenters. The molecule has 3 atom stereocenters. The van der Waals surface area contributed by atoms with Gasteiger partial charge in [-0.25, -0.2) is 4.98 Å². The van der Waals surface area contributed by atoms with Gasteiger partial charge < -0.3 is 5.11 Å². The van der Waals surface area contributed by atoms with Crippen molar-refractivity contribution in [3.05, 3.63) is 117 Å². The molecule has 7 aromatic rings. The number of para-hydroxylation sites is 2. The number of carboxylic acid groups (broad SMARTS) is 1. The molecule has 1 N–H and O–H groups in total. The van der Waals surface area contributed by atoms with E-state index in [4.69, 9.17) is 4.98 Å². The third kappa shape index (κ3) is 2.89. The number of carbonyl (C=O) groups is 1. The van der Waals surface area contributed by atoms with E-state index in [0.717, 1.165) is 64.1 Å². The van der Waals surface area contributed by atoms with Crippen LogP contribution in [0.4, 0.5) is 0 Å². The molecule has 5 heteroatoms. The highest BCUT2D eigenvalue weighted by atomic mass is 16.4. The van der Waals surface area contributed by atoms with E-state index in [1.54, 1.807) is 4.40 Å². The molecule has 222 valence electrons. The number of aromatic nitrogens is 2. The van der Waals surface area contributed by atoms with E-state index in [0.29, 0.717) is 0 Å². The van der Waals surface area contributed by atoms with E-state index >= 15 is 0 Å². The van der Waals surface area contributed by atoms with Crippen LogP contribution in [-0.4, -0.2) is 20.5 Å². The van der Waals surface area contributed by atoms with Gasteiger partial charge in [-0.2, -0.15) is 0 Å². The van der Waals surface area contributed by atoms with Gasteiger partial charge in [0.2, 0.25) is 0 Å². The van der Waals surface area contributed by atoms with Crippen molar-refractivity contribution in [1.29, 1.82) is 0 Å². The first kappa shape index (κ1) is 26.6. The van der Waals surface area contributed by atoms with Gasteiger partial charge in [-0.15, -0.1) is 0 Å². The molecule has 2 aliphatic carbocycles. The summed E-state index contributed by atoms with van der Waals surface area (Å²) in [5, 5.41) is 16.3. The van der Waals surface area contributed by atoms with Crippen molar-refractivity contribution in [3.63, 3.8) is 0 Å². The van der Waals surface area contributed by atoms with E-state index in [2.05, 4.69) is 75.4 Å². The van der Waals surface area contributed by atoms with E-state index in [9.17, 15) is 14.7 Å². The van der Waals surface area contributed by atoms with Gasteiger partial charge in [-0.3, -0.25) is 14.0 Å². The molecule has 0 radical (unpaired) electrons. The Labute approximate surface area is 260 Å². The number of hydrogen-bond donors (Lipinski definition) is 1. The molecule has 2 heterocycles. The first-order chi connectivity index (χ1) is 21.9. The van der Waals surface area contributed by atoms with Crippen LogP contribution >= 0.6 is 0 Å². The van der Waals surface area contributed by atoms with Gasteiger partial charge in [-0.05, 0) is 87.4 Å². The Morgan fingerprint density at radius 3 is 2.13 bits per heavy atom. The SMILES string of the molecule is CCCC(CC(=O)O)c1ccc2c3c(cccc13)C1(CC)c3ccc4c(=O)n5c6ccccc6nc5c5ccc(c3c45)C21CC. The largest absolute Gasteiger partial charge is 0.481 e. The van der Waals surface area contributed by atoms with Gasteiger partial charge >= 0.3 is 5.97 Å². The second-order valence-electron chi connectivity index (χ2n) is 13.2. The highest BCUT2D eigenvalue weighted by Crippen LogP contribution is 2.70. The summed E-state index contributed by atoms with van der Waals surface area (Å²) in [5.74, 6) is -0.781. The van der Waals surface area contributed by atoms with Crippen LogP contribution in [0.2, 0.25) is 0 Å². The van der Waals surface area contributed by atoms with Gasteiger partial charge in [0.1, 0.15) is 5.65 Å². The summed E-state index contributed by atoms with van der Waals surface area (Å²) in [6.07, 6.45) is 3.72. The van der Waals surface area contributed by atoms with Crippen molar-refractivity contribution in [2.24, 2.45) is 0 Å². The molecule has 0 bridgehead atoms. The Bertz CT molecular complexity index is 2450. The van der Waals surface area contributed by atoms with Crippen LogP contribution in [0.3, 0.4) is 0 Å². The predicted octanol–water partition coefficient (Wildman–Crippen LogP) is 8.82. The van der Waals surface area contributed by atoms with Gasteiger partial charge in [0.25, 0.3) is 5.56 Å². The van der Waals surface area contributed by atoms with Crippen molar-refractivity contribution in [3.8, 4) is 0 Å². The Morgan fingerprint density at radius 2 is 1.42 bits per heavy atom. The van der Waals surface area contributed by atoms with Crippen molar-refractivity contribution < 1.29 is 9.90 Å². The molecule has 0 amide bonds. The molecule has 2 aromatic heterocycles. The first-order valence-corrected chi connectivity index (χ1v) is 16.3. The Morgan fingerprint density at radius 1 is 0.756 bits per heavy atom. The first-order valence-electron chi connectivity index (χ1n) is 16.3. The number of pyridine rings is 1. The summed E-state index contributed by atoms with van der Waals surface area (Å²) in [7, 11) is 0. The molecule has 0 spiro atoms. The van der Waals surface area contributed by atoms with E-state index < -0.39 is 5.97 Å². The second kappa shape index (κ2) is 8.91. The minimum absolute atomic E-state index is 0.0180. The normalized spacial score (nSPS) is 20.7. The van der Waals surface area contributed by atoms with Gasteiger partial charge in [0, 0.05) is 27.0 Å². The molecule has 0 saturated carbocycles. The fourth-order valence-electron chi connectivity index (χ4n) is 10.1. The second-order valence-corrected chi connectivity index (χ2v) is 13.2. The van der Waals surface area contributed by atoms with Crippen LogP contribution in [0.5, 0.6) is 0 Å². The van der Waals surface area contributed by atoms with E-state index in [1.165, 1.54) is 38.4 Å². The number of rotatable bonds is 7. The van der Waals surface area contributed by atoms with Crippen LogP contribution in [0.25, 0.3) is 49.0 Å². The number of imidazole rings is 1. The molecule has 0 aliphatic heterocycles. The summed E-state index contributed by atoms with van der Waals surface area (Å²) in [6.45, 7) is 6.75. The van der Waals surface area contributed by atoms with Crippen LogP contribution < -0.4 is 5.56 Å². The minimum atomic E-state index is -0.750. The van der Waals surface area contributed by atoms with Crippen molar-refractivity contribution in [2.45, 2.75) is 69.6 Å².